The van der Waals surface area contributed by atoms with E-state index in [1.54, 1.807) is 0 Å². The van der Waals surface area contributed by atoms with E-state index in [0.29, 0.717) is 12.1 Å². The fraction of sp³-hybridized carbons (Fsp3) is 0.927. The van der Waals surface area contributed by atoms with Crippen LogP contribution in [0.15, 0.2) is 6.07 Å². The monoisotopic (exact) mass is 740 g/mol. The predicted molar refractivity (Wildman–Crippen MR) is 205 cm³/mol. The molecule has 1 aromatic heterocycles. The quantitative estimate of drug-likeness (QED) is 0.0456. The fourth-order valence-electron chi connectivity index (χ4n) is 7.81. The number of unbranched alkanes of at least 4 members (excludes halogenated alkanes) is 18. The number of nitrogens with one attached hydrogen (secondary N) is 1. The van der Waals surface area contributed by atoms with E-state index in [-0.39, 0.29) is 6.61 Å². The molecule has 0 aliphatic carbocycles. The summed E-state index contributed by atoms with van der Waals surface area (Å²) in [4.78, 5) is 2.60. The third kappa shape index (κ3) is 17.1. The number of aryl methyl sites for hydroxylation is 1. The number of nitrogens with zero attached hydrogens (tertiary/aromatic N) is 2. The molecule has 3 heterocycles. The summed E-state index contributed by atoms with van der Waals surface area (Å²) in [5, 5.41) is 70.6. The Morgan fingerprint density at radius 2 is 1.33 bits per heavy atom. The lowest BCUT2D eigenvalue weighted by atomic mass is 9.91. The smallest absolute Gasteiger partial charge is 0.186 e. The molecular formula is C41H77N3O8. The summed E-state index contributed by atoms with van der Waals surface area (Å²) in [6, 6.07) is 1.92. The van der Waals surface area contributed by atoms with Crippen molar-refractivity contribution in [2.45, 2.75) is 210 Å². The summed E-state index contributed by atoms with van der Waals surface area (Å²) in [5.41, 5.74) is 1.51. The van der Waals surface area contributed by atoms with Gasteiger partial charge in [-0.15, -0.1) is 0 Å². The molecule has 0 aromatic carbocycles. The number of hydrogen-bond acceptors (Lipinski definition) is 10. The van der Waals surface area contributed by atoms with E-state index < -0.39 is 55.4 Å². The van der Waals surface area contributed by atoms with Gasteiger partial charge in [0.15, 0.2) is 6.29 Å². The molecule has 5 unspecified atom stereocenters. The van der Waals surface area contributed by atoms with Crippen molar-refractivity contribution in [2.24, 2.45) is 0 Å². The molecule has 2 aliphatic rings. The standard InChI is InChI=1S/C41H77N3O8/c1-2-3-4-5-6-7-8-9-10-14-17-20-25-35(46)37(47)33(31-51-41-40(50)39(49)38(48)36(30-45)52-41)34-29-32(42-43-34)24-19-16-13-11-12-15-18-21-26-44-27-22-23-28-44/h29,33,35-41,45-50H,2-28,30-31H2,1H3,(H,42,43)/t33-,35-,36?,37+,38?,39?,40?,41?/m1/s1. The zero-order chi connectivity index (χ0) is 37.4. The second-order valence-corrected chi connectivity index (χ2v) is 15.8. The highest BCUT2D eigenvalue weighted by molar-refractivity contribution is 5.16. The first kappa shape index (κ1) is 45.2. The van der Waals surface area contributed by atoms with Gasteiger partial charge < -0.3 is 45.0 Å². The van der Waals surface area contributed by atoms with Gasteiger partial charge in [-0.25, -0.2) is 0 Å². The highest BCUT2D eigenvalue weighted by Crippen LogP contribution is 2.28. The normalized spacial score (nSPS) is 24.4. The average molecular weight is 740 g/mol. The fourth-order valence-corrected chi connectivity index (χ4v) is 7.81. The van der Waals surface area contributed by atoms with Crippen molar-refractivity contribution in [3.63, 3.8) is 0 Å². The number of aromatic nitrogens is 2. The Morgan fingerprint density at radius 3 is 1.92 bits per heavy atom. The number of hydrogen-bond donors (Lipinski definition) is 7. The lowest BCUT2D eigenvalue weighted by molar-refractivity contribution is -0.303. The summed E-state index contributed by atoms with van der Waals surface area (Å²) in [6.45, 7) is 5.38. The Hall–Kier alpha value is -1.15. The lowest BCUT2D eigenvalue weighted by Crippen LogP contribution is -2.59. The van der Waals surface area contributed by atoms with Crippen molar-refractivity contribution in [3.05, 3.63) is 17.5 Å². The molecule has 8 atom stereocenters. The summed E-state index contributed by atoms with van der Waals surface area (Å²) in [6.07, 6.45) is 19.4. The number of rotatable bonds is 31. The summed E-state index contributed by atoms with van der Waals surface area (Å²) < 4.78 is 11.4. The Kier molecular flexibility index (Phi) is 23.9. The van der Waals surface area contributed by atoms with E-state index in [9.17, 15) is 30.6 Å². The second-order valence-electron chi connectivity index (χ2n) is 15.8. The second kappa shape index (κ2) is 27.4. The molecule has 0 spiro atoms. The van der Waals surface area contributed by atoms with Crippen LogP contribution in [0, 0.1) is 0 Å². The van der Waals surface area contributed by atoms with E-state index in [0.717, 1.165) is 44.2 Å². The van der Waals surface area contributed by atoms with Crippen LogP contribution < -0.4 is 0 Å². The van der Waals surface area contributed by atoms with Gasteiger partial charge in [0.25, 0.3) is 0 Å². The molecule has 0 bridgehead atoms. The van der Waals surface area contributed by atoms with Gasteiger partial charge in [-0.3, -0.25) is 5.10 Å². The molecule has 0 saturated carbocycles. The van der Waals surface area contributed by atoms with Gasteiger partial charge in [-0.05, 0) is 64.2 Å². The van der Waals surface area contributed by atoms with Crippen LogP contribution >= 0.6 is 0 Å². The zero-order valence-electron chi connectivity index (χ0n) is 32.6. The maximum atomic E-state index is 11.4. The van der Waals surface area contributed by atoms with Crippen molar-refractivity contribution in [3.8, 4) is 0 Å². The zero-order valence-corrected chi connectivity index (χ0v) is 32.6. The minimum Gasteiger partial charge on any atom is -0.394 e. The summed E-state index contributed by atoms with van der Waals surface area (Å²) in [5.74, 6) is -0.727. The third-order valence-electron chi connectivity index (χ3n) is 11.3. The van der Waals surface area contributed by atoms with E-state index in [4.69, 9.17) is 9.47 Å². The SMILES string of the molecule is CCCCCCCCCCCCCC[C@@H](O)[C@@H](O)[C@H](COC1OC(CO)C(O)C(O)C1O)c1cc(CCCCCCCCCCN2CCCC2)[nH]n1. The van der Waals surface area contributed by atoms with Gasteiger partial charge in [-0.2, -0.15) is 5.10 Å². The third-order valence-corrected chi connectivity index (χ3v) is 11.3. The average Bonchev–Trinajstić information content (AvgIpc) is 3.85. The van der Waals surface area contributed by atoms with Crippen LogP contribution in [-0.2, 0) is 15.9 Å². The number of aromatic amines is 1. The van der Waals surface area contributed by atoms with Crippen LogP contribution in [0.5, 0.6) is 0 Å². The Balaban J connectivity index is 1.41. The molecular weight excluding hydrogens is 662 g/mol. The van der Waals surface area contributed by atoms with Crippen molar-refractivity contribution >= 4 is 0 Å². The van der Waals surface area contributed by atoms with Gasteiger partial charge in [-0.1, -0.05) is 122 Å². The molecule has 11 heteroatoms. The highest BCUT2D eigenvalue weighted by Gasteiger charge is 2.44. The van der Waals surface area contributed by atoms with Crippen LogP contribution in [0.3, 0.4) is 0 Å². The van der Waals surface area contributed by atoms with Crippen molar-refractivity contribution in [1.82, 2.24) is 15.1 Å². The van der Waals surface area contributed by atoms with Crippen molar-refractivity contribution in [2.75, 3.05) is 32.8 Å². The first-order chi connectivity index (χ1) is 25.3. The van der Waals surface area contributed by atoms with Crippen LogP contribution in [0.25, 0.3) is 0 Å². The molecule has 7 N–H and O–H groups in total. The van der Waals surface area contributed by atoms with Gasteiger partial charge in [0.2, 0.25) is 0 Å². The predicted octanol–water partition coefficient (Wildman–Crippen LogP) is 5.88. The molecule has 52 heavy (non-hydrogen) atoms. The Labute approximate surface area is 314 Å². The first-order valence-electron chi connectivity index (χ1n) is 21.4. The molecule has 2 fully saturated rings. The largest absolute Gasteiger partial charge is 0.394 e. The minimum atomic E-state index is -1.56. The maximum absolute atomic E-state index is 11.4. The molecule has 0 radical (unpaired) electrons. The molecule has 1 aromatic rings. The lowest BCUT2D eigenvalue weighted by Gasteiger charge is -2.40. The molecule has 3 rings (SSSR count). The number of aliphatic hydroxyl groups is 6. The molecule has 11 nitrogen and oxygen atoms in total. The molecule has 2 aliphatic heterocycles. The van der Waals surface area contributed by atoms with Crippen LogP contribution in [-0.4, -0.2) is 121 Å². The van der Waals surface area contributed by atoms with Gasteiger partial charge in [0.1, 0.15) is 24.4 Å². The summed E-state index contributed by atoms with van der Waals surface area (Å²) >= 11 is 0. The van der Waals surface area contributed by atoms with E-state index >= 15 is 0 Å². The van der Waals surface area contributed by atoms with Gasteiger partial charge >= 0.3 is 0 Å². The topological polar surface area (TPSA) is 172 Å². The summed E-state index contributed by atoms with van der Waals surface area (Å²) in [7, 11) is 0. The Morgan fingerprint density at radius 1 is 0.769 bits per heavy atom. The van der Waals surface area contributed by atoms with E-state index in [1.165, 1.54) is 129 Å². The van der Waals surface area contributed by atoms with Crippen LogP contribution in [0.4, 0.5) is 0 Å². The maximum Gasteiger partial charge on any atom is 0.186 e. The van der Waals surface area contributed by atoms with E-state index in [2.05, 4.69) is 22.0 Å². The minimum absolute atomic E-state index is 0.151. The number of H-pyrrole nitrogens is 1. The Bertz CT molecular complexity index is 993. The van der Waals surface area contributed by atoms with Crippen LogP contribution in [0.1, 0.15) is 172 Å². The molecule has 0 amide bonds. The number of aliphatic hydroxyl groups excluding tert-OH is 6. The number of likely N-dealkylation sites (tertiary alicyclic amines) is 1. The van der Waals surface area contributed by atoms with Gasteiger partial charge in [0, 0.05) is 5.69 Å². The van der Waals surface area contributed by atoms with Gasteiger partial charge in [0.05, 0.1) is 37.0 Å². The molecule has 304 valence electrons. The highest BCUT2D eigenvalue weighted by atomic mass is 16.7. The molecule has 2 saturated heterocycles. The van der Waals surface area contributed by atoms with Crippen LogP contribution in [0.2, 0.25) is 0 Å². The van der Waals surface area contributed by atoms with Crippen molar-refractivity contribution in [1.29, 1.82) is 0 Å². The number of ether oxygens (including phenoxy) is 2. The van der Waals surface area contributed by atoms with Crippen molar-refractivity contribution < 1.29 is 40.1 Å². The first-order valence-corrected chi connectivity index (χ1v) is 21.4. The van der Waals surface area contributed by atoms with E-state index in [1.807, 2.05) is 6.07 Å².